The Morgan fingerprint density at radius 1 is 1.00 bits per heavy atom. The van der Waals surface area contributed by atoms with E-state index in [1.54, 1.807) is 22.9 Å². The quantitative estimate of drug-likeness (QED) is 0.800. The second-order valence-corrected chi connectivity index (χ2v) is 7.04. The van der Waals surface area contributed by atoms with Crippen molar-refractivity contribution in [1.29, 1.82) is 0 Å². The van der Waals surface area contributed by atoms with Crippen molar-refractivity contribution in [1.82, 2.24) is 4.57 Å². The average Bonchev–Trinajstić information content (AvgIpc) is 2.68. The number of benzene rings is 1. The predicted octanol–water partition coefficient (Wildman–Crippen LogP) is 2.45. The van der Waals surface area contributed by atoms with Gasteiger partial charge in [-0.15, -0.1) is 0 Å². The molecule has 3 rings (SSSR count). The Bertz CT molecular complexity index is 779. The fourth-order valence-corrected chi connectivity index (χ4v) is 2.70. The first-order chi connectivity index (χ1) is 10.7. The lowest BCUT2D eigenvalue weighted by atomic mass is 9.78. The topological polar surface area (TPSA) is 40.5 Å². The normalized spacial score (nSPS) is 19.1. The van der Waals surface area contributed by atoms with Crippen molar-refractivity contribution in [3.05, 3.63) is 58.5 Å². The Balaban J connectivity index is 1.95. The highest BCUT2D eigenvalue weighted by molar-refractivity contribution is 6.62. The van der Waals surface area contributed by atoms with Crippen LogP contribution in [0.5, 0.6) is 0 Å². The highest BCUT2D eigenvalue weighted by Gasteiger charge is 2.51. The van der Waals surface area contributed by atoms with Gasteiger partial charge >= 0.3 is 7.12 Å². The van der Waals surface area contributed by atoms with Gasteiger partial charge in [0.25, 0.3) is 5.56 Å². The molecule has 23 heavy (non-hydrogen) atoms. The number of hydrogen-bond acceptors (Lipinski definition) is 3. The zero-order chi connectivity index (χ0) is 16.8. The lowest BCUT2D eigenvalue weighted by molar-refractivity contribution is 0.00578. The van der Waals surface area contributed by atoms with Crippen molar-refractivity contribution in [2.45, 2.75) is 45.8 Å². The number of aromatic nitrogens is 1. The molecule has 120 valence electrons. The van der Waals surface area contributed by atoms with Gasteiger partial charge in [-0.25, -0.2) is 0 Å². The maximum absolute atomic E-state index is 12.0. The minimum Gasteiger partial charge on any atom is -0.399 e. The molecule has 1 aromatic carbocycles. The fraction of sp³-hybridized carbons (Fsp3) is 0.389. The maximum Gasteiger partial charge on any atom is 0.494 e. The number of aryl methyl sites for hydroxylation is 1. The molecule has 5 heteroatoms. The van der Waals surface area contributed by atoms with Gasteiger partial charge in [0.15, 0.2) is 0 Å². The summed E-state index contributed by atoms with van der Waals surface area (Å²) in [4.78, 5) is 12.0. The van der Waals surface area contributed by atoms with Crippen molar-refractivity contribution in [2.24, 2.45) is 0 Å². The van der Waals surface area contributed by atoms with Crippen LogP contribution in [0.1, 0.15) is 33.3 Å². The van der Waals surface area contributed by atoms with E-state index >= 15 is 0 Å². The maximum atomic E-state index is 12.0. The van der Waals surface area contributed by atoms with Crippen LogP contribution in [0.4, 0.5) is 0 Å². The van der Waals surface area contributed by atoms with E-state index in [-0.39, 0.29) is 23.9 Å². The Hall–Kier alpha value is -1.85. The Morgan fingerprint density at radius 2 is 1.65 bits per heavy atom. The third-order valence-corrected chi connectivity index (χ3v) is 4.83. The van der Waals surface area contributed by atoms with E-state index in [1.807, 2.05) is 58.9 Å². The molecule has 1 aromatic heterocycles. The largest absolute Gasteiger partial charge is 0.494 e. The fourth-order valence-electron chi connectivity index (χ4n) is 2.70. The molecule has 0 saturated carbocycles. The Kier molecular flexibility index (Phi) is 3.73. The van der Waals surface area contributed by atoms with Gasteiger partial charge in [-0.3, -0.25) is 9.36 Å². The van der Waals surface area contributed by atoms with Crippen LogP contribution in [-0.2, 0) is 9.31 Å². The van der Waals surface area contributed by atoms with E-state index in [4.69, 9.17) is 9.31 Å². The van der Waals surface area contributed by atoms with E-state index in [9.17, 15) is 4.79 Å². The molecule has 1 saturated heterocycles. The molecule has 0 radical (unpaired) electrons. The molecule has 1 aliphatic heterocycles. The molecule has 0 N–H and O–H groups in total. The van der Waals surface area contributed by atoms with Crippen LogP contribution in [0.2, 0.25) is 0 Å². The third-order valence-electron chi connectivity index (χ3n) is 4.83. The van der Waals surface area contributed by atoms with Crippen molar-refractivity contribution < 1.29 is 9.31 Å². The summed E-state index contributed by atoms with van der Waals surface area (Å²) in [6.07, 6.45) is 1.78. The van der Waals surface area contributed by atoms with E-state index in [0.29, 0.717) is 0 Å². The summed E-state index contributed by atoms with van der Waals surface area (Å²) in [6, 6.07) is 11.1. The van der Waals surface area contributed by atoms with Gasteiger partial charge in [0.1, 0.15) is 0 Å². The summed E-state index contributed by atoms with van der Waals surface area (Å²) in [5.74, 6) is 0. The summed E-state index contributed by atoms with van der Waals surface area (Å²) in [5, 5.41) is 0. The molecule has 0 unspecified atom stereocenters. The molecule has 0 spiro atoms. The van der Waals surface area contributed by atoms with Gasteiger partial charge in [0.2, 0.25) is 0 Å². The SMILES string of the molecule is Cc1cc(B2OC(C)(C)C(C)(C)O2)ccc1-n1ccccc1=O. The van der Waals surface area contributed by atoms with Crippen LogP contribution in [0.15, 0.2) is 47.4 Å². The number of hydrogen-bond donors (Lipinski definition) is 0. The van der Waals surface area contributed by atoms with Crippen LogP contribution in [-0.4, -0.2) is 22.9 Å². The Morgan fingerprint density at radius 3 is 2.22 bits per heavy atom. The van der Waals surface area contributed by atoms with Gasteiger partial charge in [-0.2, -0.15) is 0 Å². The van der Waals surface area contributed by atoms with Crippen LogP contribution in [0, 0.1) is 6.92 Å². The second kappa shape index (κ2) is 5.36. The minimum absolute atomic E-state index is 0.0426. The first-order valence-corrected chi connectivity index (χ1v) is 7.85. The van der Waals surface area contributed by atoms with Crippen molar-refractivity contribution >= 4 is 12.6 Å². The minimum atomic E-state index is -0.389. The van der Waals surface area contributed by atoms with E-state index in [0.717, 1.165) is 16.7 Å². The van der Waals surface area contributed by atoms with E-state index < -0.39 is 0 Å². The van der Waals surface area contributed by atoms with Gasteiger partial charge < -0.3 is 9.31 Å². The van der Waals surface area contributed by atoms with Gasteiger partial charge in [-0.1, -0.05) is 18.2 Å². The second-order valence-electron chi connectivity index (χ2n) is 7.04. The summed E-state index contributed by atoms with van der Waals surface area (Å²) in [6.45, 7) is 10.1. The lowest BCUT2D eigenvalue weighted by Crippen LogP contribution is -2.41. The Labute approximate surface area is 137 Å². The average molecular weight is 311 g/mol. The first-order valence-electron chi connectivity index (χ1n) is 7.85. The van der Waals surface area contributed by atoms with Crippen LogP contribution in [0.3, 0.4) is 0 Å². The van der Waals surface area contributed by atoms with E-state index in [1.165, 1.54) is 0 Å². The first kappa shape index (κ1) is 16.0. The molecule has 0 bridgehead atoms. The zero-order valence-electron chi connectivity index (χ0n) is 14.3. The van der Waals surface area contributed by atoms with Gasteiger partial charge in [0, 0.05) is 12.3 Å². The lowest BCUT2D eigenvalue weighted by Gasteiger charge is -2.32. The molecule has 0 aliphatic carbocycles. The highest BCUT2D eigenvalue weighted by Crippen LogP contribution is 2.36. The molecule has 2 aromatic rings. The van der Waals surface area contributed by atoms with Crippen LogP contribution >= 0.6 is 0 Å². The molecule has 4 nitrogen and oxygen atoms in total. The van der Waals surface area contributed by atoms with Crippen molar-refractivity contribution in [3.8, 4) is 5.69 Å². The molecular formula is C18H22BNO3. The van der Waals surface area contributed by atoms with E-state index in [2.05, 4.69) is 0 Å². The predicted molar refractivity (Wildman–Crippen MR) is 92.5 cm³/mol. The number of pyridine rings is 1. The zero-order valence-corrected chi connectivity index (χ0v) is 14.3. The molecule has 2 heterocycles. The summed E-state index contributed by atoms with van der Waals surface area (Å²) in [5.41, 5.74) is 2.08. The summed E-state index contributed by atoms with van der Waals surface area (Å²) in [7, 11) is -0.389. The van der Waals surface area contributed by atoms with Crippen LogP contribution < -0.4 is 11.0 Å². The molecule has 1 fully saturated rings. The molecule has 1 aliphatic rings. The van der Waals surface area contributed by atoms with Gasteiger partial charge in [-0.05, 0) is 57.8 Å². The smallest absolute Gasteiger partial charge is 0.399 e. The van der Waals surface area contributed by atoms with Crippen molar-refractivity contribution in [3.63, 3.8) is 0 Å². The molecular weight excluding hydrogens is 289 g/mol. The molecule has 0 amide bonds. The summed E-state index contributed by atoms with van der Waals surface area (Å²) < 4.78 is 13.8. The van der Waals surface area contributed by atoms with Crippen LogP contribution in [0.25, 0.3) is 5.69 Å². The molecule has 0 atom stereocenters. The van der Waals surface area contributed by atoms with Crippen molar-refractivity contribution in [2.75, 3.05) is 0 Å². The highest BCUT2D eigenvalue weighted by atomic mass is 16.7. The number of rotatable bonds is 2. The number of nitrogens with zero attached hydrogens (tertiary/aromatic N) is 1. The third kappa shape index (κ3) is 2.75. The van der Waals surface area contributed by atoms with Gasteiger partial charge in [0.05, 0.1) is 16.9 Å². The summed E-state index contributed by atoms with van der Waals surface area (Å²) >= 11 is 0. The standard InChI is InChI=1S/C18H22BNO3/c1-13-12-14(19-22-17(2,3)18(4,5)23-19)9-10-15(13)20-11-7-6-8-16(20)21/h6-12H,1-5H3. The monoisotopic (exact) mass is 311 g/mol.